The molecule has 0 saturated carbocycles. The molecule has 3 nitrogen and oxygen atoms in total. The van der Waals surface area contributed by atoms with Gasteiger partial charge in [0.1, 0.15) is 6.26 Å². The monoisotopic (exact) mass is 341 g/mol. The first kappa shape index (κ1) is 20.6. The average Bonchev–Trinajstić information content (AvgIpc) is 3.08. The lowest BCUT2D eigenvalue weighted by molar-refractivity contribution is 0.169. The molecule has 0 N–H and O–H groups in total. The highest BCUT2D eigenvalue weighted by molar-refractivity contribution is 6.27. The Bertz CT molecular complexity index is 287. The molecule has 0 spiro atoms. The SMILES string of the molecule is CCCC(CC)O[SiH2]CCCCCCCCCCN1C=COC1. The normalized spacial score (nSPS) is 15.7. The van der Waals surface area contributed by atoms with E-state index >= 15 is 0 Å². The van der Waals surface area contributed by atoms with E-state index in [1.54, 1.807) is 6.26 Å². The second-order valence-corrected chi connectivity index (χ2v) is 8.21. The van der Waals surface area contributed by atoms with Crippen LogP contribution in [0.3, 0.4) is 0 Å². The molecule has 0 fully saturated rings. The van der Waals surface area contributed by atoms with Gasteiger partial charge in [0, 0.05) is 18.8 Å². The number of nitrogens with zero attached hydrogens (tertiary/aromatic N) is 1. The zero-order chi connectivity index (χ0) is 16.6. The van der Waals surface area contributed by atoms with Gasteiger partial charge in [-0.25, -0.2) is 0 Å². The third-order valence-electron chi connectivity index (χ3n) is 4.62. The number of hydrogen-bond donors (Lipinski definition) is 0. The van der Waals surface area contributed by atoms with Crippen molar-refractivity contribution in [2.24, 2.45) is 0 Å². The minimum atomic E-state index is -0.246. The van der Waals surface area contributed by atoms with E-state index in [2.05, 4.69) is 24.9 Å². The van der Waals surface area contributed by atoms with E-state index in [-0.39, 0.29) is 9.76 Å². The van der Waals surface area contributed by atoms with Gasteiger partial charge >= 0.3 is 0 Å². The molecule has 1 heterocycles. The molecule has 23 heavy (non-hydrogen) atoms. The summed E-state index contributed by atoms with van der Waals surface area (Å²) in [6.45, 7) is 6.41. The predicted octanol–water partition coefficient (Wildman–Crippen LogP) is 4.97. The van der Waals surface area contributed by atoms with Crippen molar-refractivity contribution in [2.75, 3.05) is 13.3 Å². The van der Waals surface area contributed by atoms with Crippen molar-refractivity contribution in [1.82, 2.24) is 4.90 Å². The number of hydrogen-bond acceptors (Lipinski definition) is 3. The summed E-state index contributed by atoms with van der Waals surface area (Å²) in [6.07, 6.45) is 19.2. The molecule has 1 atom stereocenters. The summed E-state index contributed by atoms with van der Waals surface area (Å²) in [4.78, 5) is 2.25. The van der Waals surface area contributed by atoms with E-state index in [1.807, 2.05) is 0 Å². The molecule has 136 valence electrons. The van der Waals surface area contributed by atoms with Crippen LogP contribution < -0.4 is 0 Å². The van der Waals surface area contributed by atoms with Gasteiger partial charge in [-0.2, -0.15) is 0 Å². The lowest BCUT2D eigenvalue weighted by Crippen LogP contribution is -2.16. The topological polar surface area (TPSA) is 21.7 Å². The molecule has 0 aliphatic carbocycles. The van der Waals surface area contributed by atoms with E-state index in [1.165, 1.54) is 76.7 Å². The first-order valence-electron chi connectivity index (χ1n) is 10.0. The lowest BCUT2D eigenvalue weighted by Gasteiger charge is -2.15. The summed E-state index contributed by atoms with van der Waals surface area (Å²) in [5.41, 5.74) is 0. The van der Waals surface area contributed by atoms with Crippen molar-refractivity contribution in [3.05, 3.63) is 12.5 Å². The van der Waals surface area contributed by atoms with Crippen molar-refractivity contribution >= 4 is 9.76 Å². The standard InChI is InChI=1S/C19H39NO2Si/c1-3-13-19(4-2)22-23-17-12-10-8-6-5-7-9-11-14-20-15-16-21-18-20/h15-16,19H,3-14,17-18,23H2,1-2H3. The van der Waals surface area contributed by atoms with Gasteiger partial charge < -0.3 is 14.1 Å². The molecule has 0 bridgehead atoms. The zero-order valence-corrected chi connectivity index (χ0v) is 17.0. The Balaban J connectivity index is 1.73. The van der Waals surface area contributed by atoms with Crippen molar-refractivity contribution < 1.29 is 9.16 Å². The molecule has 1 unspecified atom stereocenters. The van der Waals surface area contributed by atoms with Crippen LogP contribution in [0.5, 0.6) is 0 Å². The highest BCUT2D eigenvalue weighted by atomic mass is 28.2. The number of unbranched alkanes of at least 4 members (excludes halogenated alkanes) is 7. The maximum absolute atomic E-state index is 6.07. The highest BCUT2D eigenvalue weighted by Crippen LogP contribution is 2.12. The van der Waals surface area contributed by atoms with Crippen LogP contribution in [-0.4, -0.2) is 34.0 Å². The van der Waals surface area contributed by atoms with Crippen molar-refractivity contribution in [3.8, 4) is 0 Å². The summed E-state index contributed by atoms with van der Waals surface area (Å²) in [5, 5.41) is 0. The van der Waals surface area contributed by atoms with Crippen LogP contribution in [0.2, 0.25) is 6.04 Å². The van der Waals surface area contributed by atoms with Crippen molar-refractivity contribution in [3.63, 3.8) is 0 Å². The summed E-state index contributed by atoms with van der Waals surface area (Å²) >= 11 is 0. The van der Waals surface area contributed by atoms with Crippen molar-refractivity contribution in [2.45, 2.75) is 96.6 Å². The van der Waals surface area contributed by atoms with E-state index in [0.717, 1.165) is 13.3 Å². The van der Waals surface area contributed by atoms with Crippen LogP contribution in [0.25, 0.3) is 0 Å². The molecule has 1 rings (SSSR count). The van der Waals surface area contributed by atoms with Gasteiger partial charge in [-0.15, -0.1) is 0 Å². The fourth-order valence-electron chi connectivity index (χ4n) is 3.08. The Hall–Kier alpha value is -0.483. The molecular formula is C19H39NO2Si. The molecule has 0 saturated heterocycles. The fourth-order valence-corrected chi connectivity index (χ4v) is 4.54. The predicted molar refractivity (Wildman–Crippen MR) is 102 cm³/mol. The molecule has 0 radical (unpaired) electrons. The third-order valence-corrected chi connectivity index (χ3v) is 6.11. The van der Waals surface area contributed by atoms with Crippen molar-refractivity contribution in [1.29, 1.82) is 0 Å². The van der Waals surface area contributed by atoms with Crippen LogP contribution in [0.15, 0.2) is 12.5 Å². The van der Waals surface area contributed by atoms with Crippen LogP contribution >= 0.6 is 0 Å². The minimum absolute atomic E-state index is 0.246. The summed E-state index contributed by atoms with van der Waals surface area (Å²) < 4.78 is 11.2. The highest BCUT2D eigenvalue weighted by Gasteiger charge is 2.04. The molecule has 0 aromatic heterocycles. The summed E-state index contributed by atoms with van der Waals surface area (Å²) in [6, 6.07) is 1.38. The van der Waals surface area contributed by atoms with Gasteiger partial charge in [0.05, 0.1) is 0 Å². The Labute approximate surface area is 146 Å². The molecule has 1 aliphatic rings. The molecule has 0 aromatic rings. The number of ether oxygens (including phenoxy) is 1. The van der Waals surface area contributed by atoms with E-state index in [9.17, 15) is 0 Å². The maximum atomic E-state index is 6.07. The van der Waals surface area contributed by atoms with Gasteiger partial charge in [-0.3, -0.25) is 0 Å². The average molecular weight is 342 g/mol. The smallest absolute Gasteiger partial charge is 0.161 e. The van der Waals surface area contributed by atoms with E-state index < -0.39 is 0 Å². The third kappa shape index (κ3) is 11.7. The lowest BCUT2D eigenvalue weighted by atomic mass is 10.1. The summed E-state index contributed by atoms with van der Waals surface area (Å²) in [5.74, 6) is 0. The minimum Gasteiger partial charge on any atom is -0.479 e. The quantitative estimate of drug-likeness (QED) is 0.292. The van der Waals surface area contributed by atoms with Gasteiger partial charge in [-0.05, 0) is 25.3 Å². The number of rotatable bonds is 16. The van der Waals surface area contributed by atoms with Crippen LogP contribution in [0.4, 0.5) is 0 Å². The van der Waals surface area contributed by atoms with Gasteiger partial charge in [0.2, 0.25) is 0 Å². The molecule has 0 amide bonds. The Morgan fingerprint density at radius 3 is 2.35 bits per heavy atom. The first-order chi connectivity index (χ1) is 11.4. The fraction of sp³-hybridized carbons (Fsp3) is 0.895. The molecular weight excluding hydrogens is 302 g/mol. The Morgan fingerprint density at radius 2 is 1.74 bits per heavy atom. The van der Waals surface area contributed by atoms with E-state index in [0.29, 0.717) is 6.10 Å². The second-order valence-electron chi connectivity index (χ2n) is 6.76. The Morgan fingerprint density at radius 1 is 1.04 bits per heavy atom. The largest absolute Gasteiger partial charge is 0.479 e. The van der Waals surface area contributed by atoms with E-state index in [4.69, 9.17) is 9.16 Å². The van der Waals surface area contributed by atoms with Crippen LogP contribution in [0.1, 0.15) is 84.5 Å². The maximum Gasteiger partial charge on any atom is 0.161 e. The van der Waals surface area contributed by atoms with Gasteiger partial charge in [0.15, 0.2) is 16.5 Å². The van der Waals surface area contributed by atoms with Crippen LogP contribution in [0, 0.1) is 0 Å². The second kappa shape index (κ2) is 15.1. The van der Waals surface area contributed by atoms with Gasteiger partial charge in [0.25, 0.3) is 0 Å². The van der Waals surface area contributed by atoms with Crippen LogP contribution in [-0.2, 0) is 9.16 Å². The molecule has 0 aromatic carbocycles. The zero-order valence-electron chi connectivity index (χ0n) is 15.6. The Kier molecular flexibility index (Phi) is 13.5. The molecule has 1 aliphatic heterocycles. The first-order valence-corrected chi connectivity index (χ1v) is 11.6. The molecule has 4 heteroatoms. The summed E-state index contributed by atoms with van der Waals surface area (Å²) in [7, 11) is -0.246. The van der Waals surface area contributed by atoms with Gasteiger partial charge in [-0.1, -0.05) is 65.2 Å².